The van der Waals surface area contributed by atoms with Gasteiger partial charge in [0.25, 0.3) is 0 Å². The number of hydrogen-bond acceptors (Lipinski definition) is 4. The van der Waals surface area contributed by atoms with E-state index in [1.165, 1.54) is 7.11 Å². The third-order valence-electron chi connectivity index (χ3n) is 3.60. The molecule has 0 bridgehead atoms. The molecule has 0 aliphatic heterocycles. The number of aromatic hydroxyl groups is 1. The maximum Gasteiger partial charge on any atom is 0.327 e. The third kappa shape index (κ3) is 3.76. The highest BCUT2D eigenvalue weighted by Gasteiger charge is 2.29. The molecule has 1 atom stereocenters. The minimum absolute atomic E-state index is 0.0772. The summed E-state index contributed by atoms with van der Waals surface area (Å²) in [5, 5.41) is 10.5. The van der Waals surface area contributed by atoms with Gasteiger partial charge >= 0.3 is 5.97 Å². The molecule has 0 radical (unpaired) electrons. The summed E-state index contributed by atoms with van der Waals surface area (Å²) < 4.78 is 4.70. The number of phenolic OH excluding ortho intramolecular Hbond substituents is 1. The smallest absolute Gasteiger partial charge is 0.327 e. The van der Waals surface area contributed by atoms with Crippen LogP contribution in [0.15, 0.2) is 12.1 Å². The number of methoxy groups -OCH3 is 1. The average Bonchev–Trinajstić information content (AvgIpc) is 2.34. The van der Waals surface area contributed by atoms with E-state index in [0.717, 1.165) is 11.1 Å². The van der Waals surface area contributed by atoms with Crippen LogP contribution in [-0.2, 0) is 20.4 Å². The molecule has 0 saturated carbocycles. The van der Waals surface area contributed by atoms with Crippen molar-refractivity contribution in [3.05, 3.63) is 28.8 Å². The predicted octanol–water partition coefficient (Wildman–Crippen LogP) is 3.16. The van der Waals surface area contributed by atoms with Crippen molar-refractivity contribution in [2.24, 2.45) is 5.73 Å². The van der Waals surface area contributed by atoms with Crippen molar-refractivity contribution in [2.75, 3.05) is 7.11 Å². The molecule has 1 rings (SSSR count). The van der Waals surface area contributed by atoms with Crippen molar-refractivity contribution in [2.45, 2.75) is 58.4 Å². The van der Waals surface area contributed by atoms with Crippen molar-refractivity contribution in [3.8, 4) is 5.75 Å². The minimum atomic E-state index is -0.988. The van der Waals surface area contributed by atoms with E-state index in [4.69, 9.17) is 10.5 Å². The van der Waals surface area contributed by atoms with Gasteiger partial charge < -0.3 is 15.6 Å². The molecule has 4 nitrogen and oxygen atoms in total. The highest BCUT2D eigenvalue weighted by atomic mass is 16.5. The number of rotatable bonds is 2. The van der Waals surface area contributed by atoms with E-state index in [1.807, 2.05) is 26.8 Å². The first-order valence-corrected chi connectivity index (χ1v) is 7.11. The van der Waals surface area contributed by atoms with Crippen LogP contribution >= 0.6 is 0 Å². The molecule has 0 unspecified atom stereocenters. The fourth-order valence-corrected chi connectivity index (χ4v) is 2.15. The topological polar surface area (TPSA) is 72.5 Å². The van der Waals surface area contributed by atoms with E-state index in [9.17, 15) is 9.90 Å². The van der Waals surface area contributed by atoms with Gasteiger partial charge in [0.15, 0.2) is 0 Å². The molecule has 0 fully saturated rings. The van der Waals surface area contributed by atoms with Crippen LogP contribution < -0.4 is 5.73 Å². The quantitative estimate of drug-likeness (QED) is 0.822. The maximum atomic E-state index is 11.7. The Morgan fingerprint density at radius 2 is 1.67 bits per heavy atom. The van der Waals surface area contributed by atoms with Crippen LogP contribution in [0, 0.1) is 0 Å². The zero-order chi connectivity index (χ0) is 16.6. The van der Waals surface area contributed by atoms with Crippen LogP contribution in [0.2, 0.25) is 0 Å². The summed E-state index contributed by atoms with van der Waals surface area (Å²) >= 11 is 0. The Morgan fingerprint density at radius 1 is 1.14 bits per heavy atom. The van der Waals surface area contributed by atoms with Gasteiger partial charge in [-0.1, -0.05) is 47.6 Å². The standard InChI is InChI=1S/C17H27NO3/c1-16(2,3)10-8-11(13(18)15(20)21-7)14(19)12(9-10)17(4,5)6/h8-9,13,19H,18H2,1-7H3/t13-/m0/s1. The lowest BCUT2D eigenvalue weighted by molar-refractivity contribution is -0.142. The van der Waals surface area contributed by atoms with Gasteiger partial charge in [-0.3, -0.25) is 4.79 Å². The van der Waals surface area contributed by atoms with Crippen LogP contribution in [0.1, 0.15) is 64.3 Å². The van der Waals surface area contributed by atoms with Crippen LogP contribution in [-0.4, -0.2) is 18.2 Å². The van der Waals surface area contributed by atoms with Crippen molar-refractivity contribution in [1.82, 2.24) is 0 Å². The summed E-state index contributed by atoms with van der Waals surface area (Å²) in [4.78, 5) is 11.7. The molecule has 0 amide bonds. The summed E-state index contributed by atoms with van der Waals surface area (Å²) in [5.74, 6) is -0.482. The van der Waals surface area contributed by atoms with Crippen LogP contribution in [0.25, 0.3) is 0 Å². The van der Waals surface area contributed by atoms with E-state index >= 15 is 0 Å². The Kier molecular flexibility index (Phi) is 4.73. The number of ether oxygens (including phenoxy) is 1. The Labute approximate surface area is 127 Å². The summed E-state index contributed by atoms with van der Waals surface area (Å²) in [6.45, 7) is 12.3. The zero-order valence-corrected chi connectivity index (χ0v) is 14.1. The minimum Gasteiger partial charge on any atom is -0.507 e. The normalized spacial score (nSPS) is 13.9. The molecular weight excluding hydrogens is 266 g/mol. The molecule has 3 N–H and O–H groups in total. The number of esters is 1. The van der Waals surface area contributed by atoms with Crippen molar-refractivity contribution < 1.29 is 14.6 Å². The van der Waals surface area contributed by atoms with E-state index in [1.54, 1.807) is 6.07 Å². The number of phenols is 1. The van der Waals surface area contributed by atoms with Gasteiger partial charge in [-0.25, -0.2) is 0 Å². The van der Waals surface area contributed by atoms with E-state index in [2.05, 4.69) is 20.8 Å². The lowest BCUT2D eigenvalue weighted by atomic mass is 9.78. The predicted molar refractivity (Wildman–Crippen MR) is 84.5 cm³/mol. The van der Waals surface area contributed by atoms with Crippen molar-refractivity contribution >= 4 is 5.97 Å². The Hall–Kier alpha value is -1.55. The molecule has 1 aromatic carbocycles. The third-order valence-corrected chi connectivity index (χ3v) is 3.60. The van der Waals surface area contributed by atoms with E-state index in [0.29, 0.717) is 5.56 Å². The number of carbonyl (C=O) groups excluding carboxylic acids is 1. The molecule has 118 valence electrons. The van der Waals surface area contributed by atoms with Gasteiger partial charge in [-0.05, 0) is 28.0 Å². The fraction of sp³-hybridized carbons (Fsp3) is 0.588. The molecule has 0 heterocycles. The second kappa shape index (κ2) is 5.68. The van der Waals surface area contributed by atoms with Crippen LogP contribution in [0.5, 0.6) is 5.75 Å². The zero-order valence-electron chi connectivity index (χ0n) is 14.1. The number of carbonyl (C=O) groups is 1. The molecule has 0 saturated heterocycles. The van der Waals surface area contributed by atoms with Gasteiger partial charge in [0, 0.05) is 5.56 Å². The number of benzene rings is 1. The lowest BCUT2D eigenvalue weighted by Gasteiger charge is -2.28. The summed E-state index contributed by atoms with van der Waals surface area (Å²) in [7, 11) is 1.29. The monoisotopic (exact) mass is 293 g/mol. The second-order valence-corrected chi connectivity index (χ2v) is 7.46. The van der Waals surface area contributed by atoms with Crippen molar-refractivity contribution in [1.29, 1.82) is 0 Å². The van der Waals surface area contributed by atoms with Gasteiger partial charge in [-0.2, -0.15) is 0 Å². The van der Waals surface area contributed by atoms with E-state index in [-0.39, 0.29) is 16.6 Å². The van der Waals surface area contributed by atoms with Gasteiger partial charge in [-0.15, -0.1) is 0 Å². The average molecular weight is 293 g/mol. The SMILES string of the molecule is COC(=O)[C@@H](N)c1cc(C(C)(C)C)cc(C(C)(C)C)c1O. The van der Waals surface area contributed by atoms with Gasteiger partial charge in [0.2, 0.25) is 0 Å². The Bertz CT molecular complexity index is 536. The first kappa shape index (κ1) is 17.5. The number of nitrogens with two attached hydrogens (primary N) is 1. The fourth-order valence-electron chi connectivity index (χ4n) is 2.15. The molecular formula is C17H27NO3. The summed E-state index contributed by atoms with van der Waals surface area (Å²) in [6, 6.07) is 2.80. The first-order chi connectivity index (χ1) is 9.39. The molecule has 0 aliphatic carbocycles. The van der Waals surface area contributed by atoms with Gasteiger partial charge in [0.1, 0.15) is 11.8 Å². The molecule has 0 aliphatic rings. The number of hydrogen-bond donors (Lipinski definition) is 2. The highest BCUT2D eigenvalue weighted by Crippen LogP contribution is 2.39. The molecule has 0 spiro atoms. The molecule has 1 aromatic rings. The highest BCUT2D eigenvalue weighted by molar-refractivity contribution is 5.78. The Morgan fingerprint density at radius 3 is 2.05 bits per heavy atom. The summed E-state index contributed by atoms with van der Waals surface area (Å²) in [5.41, 5.74) is 7.80. The maximum absolute atomic E-state index is 11.7. The Balaban J connectivity index is 3.60. The summed E-state index contributed by atoms with van der Waals surface area (Å²) in [6.07, 6.45) is 0. The van der Waals surface area contributed by atoms with Crippen molar-refractivity contribution in [3.63, 3.8) is 0 Å². The molecule has 0 aromatic heterocycles. The molecule has 4 heteroatoms. The lowest BCUT2D eigenvalue weighted by Crippen LogP contribution is -2.25. The van der Waals surface area contributed by atoms with Crippen LogP contribution in [0.4, 0.5) is 0 Å². The van der Waals surface area contributed by atoms with Gasteiger partial charge in [0.05, 0.1) is 7.11 Å². The first-order valence-electron chi connectivity index (χ1n) is 7.11. The molecule has 21 heavy (non-hydrogen) atoms. The van der Waals surface area contributed by atoms with Crippen LogP contribution in [0.3, 0.4) is 0 Å². The largest absolute Gasteiger partial charge is 0.507 e. The van der Waals surface area contributed by atoms with E-state index < -0.39 is 12.0 Å². The second-order valence-electron chi connectivity index (χ2n) is 7.46.